The van der Waals surface area contributed by atoms with Crippen molar-refractivity contribution in [2.45, 2.75) is 65.2 Å². The molecule has 0 aliphatic heterocycles. The third kappa shape index (κ3) is 5.14. The van der Waals surface area contributed by atoms with E-state index in [1.165, 1.54) is 18.4 Å². The molecule has 0 fully saturated rings. The molecule has 1 aliphatic carbocycles. The number of allylic oxidation sites excluding steroid dienone is 3. The van der Waals surface area contributed by atoms with Gasteiger partial charge in [0.05, 0.1) is 0 Å². The Morgan fingerprint density at radius 3 is 2.77 bits per heavy atom. The fraction of sp³-hybridized carbons (Fsp3) is 0.565. The Kier molecular flexibility index (Phi) is 7.77. The Hall–Kier alpha value is -1.74. The monoisotopic (exact) mass is 357 g/mol. The number of ether oxygens (including phenoxy) is 1. The van der Waals surface area contributed by atoms with E-state index < -0.39 is 0 Å². The van der Waals surface area contributed by atoms with Gasteiger partial charge in [0.2, 0.25) is 0 Å². The molecular weight excluding hydrogens is 322 g/mol. The minimum Gasteiger partial charge on any atom is -0.507 e. The first-order valence-electron chi connectivity index (χ1n) is 9.99. The molecule has 1 aromatic rings. The minimum absolute atomic E-state index is 0.110. The molecule has 26 heavy (non-hydrogen) atoms. The van der Waals surface area contributed by atoms with Crippen molar-refractivity contribution in [3.05, 3.63) is 47.1 Å². The Balaban J connectivity index is 2.43. The smallest absolute Gasteiger partial charge is 0.127 e. The number of nitrogens with two attached hydrogens (primary N) is 1. The predicted octanol–water partition coefficient (Wildman–Crippen LogP) is 5.48. The average Bonchev–Trinajstić information content (AvgIpc) is 2.59. The first-order chi connectivity index (χ1) is 12.5. The molecule has 3 nitrogen and oxygen atoms in total. The van der Waals surface area contributed by atoms with Gasteiger partial charge in [0, 0.05) is 18.0 Å². The first-order valence-corrected chi connectivity index (χ1v) is 9.99. The summed E-state index contributed by atoms with van der Waals surface area (Å²) >= 11 is 0. The van der Waals surface area contributed by atoms with Gasteiger partial charge in [-0.05, 0) is 63.1 Å². The van der Waals surface area contributed by atoms with Crippen molar-refractivity contribution in [3.63, 3.8) is 0 Å². The van der Waals surface area contributed by atoms with Gasteiger partial charge < -0.3 is 15.6 Å². The van der Waals surface area contributed by atoms with Crippen molar-refractivity contribution < 1.29 is 9.84 Å². The summed E-state index contributed by atoms with van der Waals surface area (Å²) in [5.41, 5.74) is 10.2. The molecule has 0 amide bonds. The second kappa shape index (κ2) is 9.82. The lowest BCUT2D eigenvalue weighted by Gasteiger charge is -2.32. The highest BCUT2D eigenvalue weighted by Gasteiger charge is 2.30. The summed E-state index contributed by atoms with van der Waals surface area (Å²) in [6, 6.07) is 4.03. The molecule has 3 heteroatoms. The van der Waals surface area contributed by atoms with Crippen LogP contribution in [0, 0.1) is 5.92 Å². The van der Waals surface area contributed by atoms with Crippen LogP contribution in [-0.4, -0.2) is 18.3 Å². The summed E-state index contributed by atoms with van der Waals surface area (Å²) in [6.07, 6.45) is 8.91. The largest absolute Gasteiger partial charge is 0.507 e. The Morgan fingerprint density at radius 1 is 1.35 bits per heavy atom. The number of phenols is 1. The lowest BCUT2D eigenvalue weighted by Crippen LogP contribution is -2.19. The number of hydrogen-bond acceptors (Lipinski definition) is 3. The van der Waals surface area contributed by atoms with Crippen molar-refractivity contribution in [2.24, 2.45) is 11.7 Å². The summed E-state index contributed by atoms with van der Waals surface area (Å²) in [5.74, 6) is 1.56. The lowest BCUT2D eigenvalue weighted by molar-refractivity contribution is 0.315. The zero-order valence-electron chi connectivity index (χ0n) is 16.7. The van der Waals surface area contributed by atoms with Gasteiger partial charge in [-0.25, -0.2) is 0 Å². The molecule has 0 heterocycles. The molecule has 0 bridgehead atoms. The van der Waals surface area contributed by atoms with E-state index in [2.05, 4.69) is 39.5 Å². The van der Waals surface area contributed by atoms with Crippen LogP contribution in [0.1, 0.15) is 69.9 Å². The third-order valence-corrected chi connectivity index (χ3v) is 5.34. The molecule has 2 unspecified atom stereocenters. The second-order valence-electron chi connectivity index (χ2n) is 7.65. The molecule has 144 valence electrons. The number of phenolic OH excluding ortho intramolecular Hbond substituents is 1. The quantitative estimate of drug-likeness (QED) is 0.454. The molecule has 2 atom stereocenters. The van der Waals surface area contributed by atoms with Gasteiger partial charge in [-0.1, -0.05) is 43.6 Å². The molecule has 2 rings (SSSR count). The van der Waals surface area contributed by atoms with Crippen LogP contribution in [0.4, 0.5) is 0 Å². The van der Waals surface area contributed by atoms with Crippen LogP contribution in [0.3, 0.4) is 0 Å². The number of unbranched alkanes of at least 4 members (excludes halogenated alkanes) is 2. The van der Waals surface area contributed by atoms with Crippen molar-refractivity contribution in [1.82, 2.24) is 0 Å². The van der Waals surface area contributed by atoms with Gasteiger partial charge in [0.1, 0.15) is 18.1 Å². The predicted molar refractivity (Wildman–Crippen MR) is 110 cm³/mol. The average molecular weight is 358 g/mol. The number of rotatable bonds is 9. The van der Waals surface area contributed by atoms with Crippen LogP contribution in [-0.2, 0) is 6.42 Å². The maximum atomic E-state index is 10.9. The van der Waals surface area contributed by atoms with E-state index in [-0.39, 0.29) is 5.92 Å². The minimum atomic E-state index is 0.110. The van der Waals surface area contributed by atoms with Crippen molar-refractivity contribution in [1.29, 1.82) is 0 Å². The van der Waals surface area contributed by atoms with E-state index in [0.717, 1.165) is 48.1 Å². The number of aryl methyl sites for hydroxylation is 1. The fourth-order valence-corrected chi connectivity index (χ4v) is 3.92. The topological polar surface area (TPSA) is 55.5 Å². The Morgan fingerprint density at radius 2 is 2.12 bits per heavy atom. The first kappa shape index (κ1) is 20.6. The normalized spacial score (nSPS) is 19.9. The highest BCUT2D eigenvalue weighted by Crippen LogP contribution is 2.46. The van der Waals surface area contributed by atoms with E-state index in [0.29, 0.717) is 24.8 Å². The Labute approximate surface area is 158 Å². The zero-order chi connectivity index (χ0) is 19.1. The molecular formula is C23H35NO2. The van der Waals surface area contributed by atoms with Crippen LogP contribution in [0.2, 0.25) is 0 Å². The number of aromatic hydroxyl groups is 1. The van der Waals surface area contributed by atoms with Gasteiger partial charge in [-0.2, -0.15) is 0 Å². The lowest BCUT2D eigenvalue weighted by atomic mass is 9.73. The van der Waals surface area contributed by atoms with E-state index in [1.54, 1.807) is 0 Å². The van der Waals surface area contributed by atoms with E-state index in [1.807, 2.05) is 6.07 Å². The summed E-state index contributed by atoms with van der Waals surface area (Å²) in [5, 5.41) is 10.9. The Bertz CT molecular complexity index is 648. The second-order valence-corrected chi connectivity index (χ2v) is 7.65. The summed E-state index contributed by atoms with van der Waals surface area (Å²) in [6.45, 7) is 11.6. The fourth-order valence-electron chi connectivity index (χ4n) is 3.92. The van der Waals surface area contributed by atoms with Crippen LogP contribution in [0.5, 0.6) is 11.5 Å². The summed E-state index contributed by atoms with van der Waals surface area (Å²) in [7, 11) is 0. The van der Waals surface area contributed by atoms with Crippen LogP contribution in [0.15, 0.2) is 35.9 Å². The molecule has 0 saturated heterocycles. The summed E-state index contributed by atoms with van der Waals surface area (Å²) in [4.78, 5) is 0. The molecule has 1 aromatic carbocycles. The third-order valence-electron chi connectivity index (χ3n) is 5.34. The molecule has 1 aliphatic rings. The maximum Gasteiger partial charge on any atom is 0.127 e. The van der Waals surface area contributed by atoms with Crippen LogP contribution in [0.25, 0.3) is 0 Å². The standard InChI is InChI=1S/C23H35NO2/c1-5-6-7-8-18-14-21(25)23(22(15-18)26-12-11-24)20-13-17(4)9-10-19(20)16(2)3/h13-15,19-20,25H,2,5-12,24H2,1,3-4H3. The zero-order valence-corrected chi connectivity index (χ0v) is 16.7. The van der Waals surface area contributed by atoms with Gasteiger partial charge in [-0.15, -0.1) is 0 Å². The van der Waals surface area contributed by atoms with E-state index >= 15 is 0 Å². The highest BCUT2D eigenvalue weighted by atomic mass is 16.5. The highest BCUT2D eigenvalue weighted by molar-refractivity contribution is 5.52. The van der Waals surface area contributed by atoms with Crippen molar-refractivity contribution in [3.8, 4) is 11.5 Å². The molecule has 0 aromatic heterocycles. The van der Waals surface area contributed by atoms with Gasteiger partial charge >= 0.3 is 0 Å². The molecule has 0 spiro atoms. The molecule has 0 radical (unpaired) electrons. The summed E-state index contributed by atoms with van der Waals surface area (Å²) < 4.78 is 5.99. The molecule has 0 saturated carbocycles. The maximum absolute atomic E-state index is 10.9. The van der Waals surface area contributed by atoms with Gasteiger partial charge in [-0.3, -0.25) is 0 Å². The van der Waals surface area contributed by atoms with Crippen molar-refractivity contribution >= 4 is 0 Å². The van der Waals surface area contributed by atoms with Crippen LogP contribution >= 0.6 is 0 Å². The van der Waals surface area contributed by atoms with Gasteiger partial charge in [0.15, 0.2) is 0 Å². The number of hydrogen-bond donors (Lipinski definition) is 2. The van der Waals surface area contributed by atoms with E-state index in [9.17, 15) is 5.11 Å². The van der Waals surface area contributed by atoms with Gasteiger partial charge in [0.25, 0.3) is 0 Å². The van der Waals surface area contributed by atoms with Crippen LogP contribution < -0.4 is 10.5 Å². The van der Waals surface area contributed by atoms with Crippen molar-refractivity contribution in [2.75, 3.05) is 13.2 Å². The number of benzene rings is 1. The molecule has 3 N–H and O–H groups in total. The SMILES string of the molecule is C=C(C)C1CCC(C)=CC1c1c(O)cc(CCCCC)cc1OCCN. The van der Waals surface area contributed by atoms with E-state index in [4.69, 9.17) is 10.5 Å².